The van der Waals surface area contributed by atoms with E-state index in [0.29, 0.717) is 5.69 Å². The molecule has 76 valence electrons. The topological polar surface area (TPSA) is 29.1 Å². The first-order valence-electron chi connectivity index (χ1n) is 4.22. The number of hydrogen-bond acceptors (Lipinski definition) is 1. The van der Waals surface area contributed by atoms with Crippen molar-refractivity contribution in [1.82, 2.24) is 0 Å². The van der Waals surface area contributed by atoms with Crippen LogP contribution in [0.1, 0.15) is 12.5 Å². The highest BCUT2D eigenvalue weighted by atomic mass is 35.5. The lowest BCUT2D eigenvalue weighted by molar-refractivity contribution is -0.115. The molecule has 1 aromatic rings. The first-order valence-corrected chi connectivity index (χ1v) is 4.65. The summed E-state index contributed by atoms with van der Waals surface area (Å²) in [6.07, 6.45) is 0. The van der Waals surface area contributed by atoms with E-state index in [0.717, 1.165) is 5.56 Å². The second-order valence-corrected chi connectivity index (χ2v) is 3.72. The van der Waals surface area contributed by atoms with Crippen molar-refractivity contribution >= 4 is 23.2 Å². The maximum Gasteiger partial charge on any atom is 0.242 e. The van der Waals surface area contributed by atoms with Gasteiger partial charge < -0.3 is 5.32 Å². The summed E-state index contributed by atoms with van der Waals surface area (Å²) in [6, 6.07) is 4.21. The van der Waals surface area contributed by atoms with Crippen LogP contribution in [0.4, 0.5) is 10.1 Å². The van der Waals surface area contributed by atoms with Crippen LogP contribution < -0.4 is 5.32 Å². The lowest BCUT2D eigenvalue weighted by Crippen LogP contribution is -2.20. The fourth-order valence-corrected chi connectivity index (χ4v) is 1.02. The van der Waals surface area contributed by atoms with Crippen LogP contribution >= 0.6 is 11.6 Å². The van der Waals surface area contributed by atoms with Crippen molar-refractivity contribution in [2.45, 2.75) is 19.2 Å². The molecule has 4 heteroatoms. The average molecular weight is 216 g/mol. The lowest BCUT2D eigenvalue weighted by Gasteiger charge is -2.09. The second kappa shape index (κ2) is 4.42. The molecule has 0 heterocycles. The van der Waals surface area contributed by atoms with E-state index in [9.17, 15) is 9.18 Å². The van der Waals surface area contributed by atoms with E-state index in [2.05, 4.69) is 5.32 Å². The molecule has 0 saturated heterocycles. The predicted molar refractivity (Wildman–Crippen MR) is 55.1 cm³/mol. The molecule has 1 N–H and O–H groups in total. The summed E-state index contributed by atoms with van der Waals surface area (Å²) < 4.78 is 12.8. The number of carbonyl (C=O) groups is 1. The molecule has 0 saturated carbocycles. The summed E-state index contributed by atoms with van der Waals surface area (Å²) in [6.45, 7) is 3.35. The number of aryl methyl sites for hydroxylation is 1. The van der Waals surface area contributed by atoms with Crippen LogP contribution in [-0.2, 0) is 4.79 Å². The summed E-state index contributed by atoms with van der Waals surface area (Å²) in [5.41, 5.74) is 1.26. The monoisotopic (exact) mass is 215 g/mol. The lowest BCUT2D eigenvalue weighted by atomic mass is 10.2. The normalized spacial score (nSPS) is 12.3. The number of hydrogen-bond donors (Lipinski definition) is 1. The first kappa shape index (κ1) is 11.0. The molecule has 1 unspecified atom stereocenters. The van der Waals surface area contributed by atoms with Gasteiger partial charge in [-0.05, 0) is 31.5 Å². The van der Waals surface area contributed by atoms with Crippen molar-refractivity contribution in [3.63, 3.8) is 0 Å². The number of nitrogens with one attached hydrogen (secondary N) is 1. The van der Waals surface area contributed by atoms with Gasteiger partial charge in [0, 0.05) is 5.69 Å². The Labute approximate surface area is 87.1 Å². The Morgan fingerprint density at radius 3 is 2.79 bits per heavy atom. The van der Waals surface area contributed by atoms with Gasteiger partial charge in [-0.3, -0.25) is 4.79 Å². The van der Waals surface area contributed by atoms with Crippen LogP contribution in [0.2, 0.25) is 0 Å². The van der Waals surface area contributed by atoms with Crippen LogP contribution in [0.15, 0.2) is 18.2 Å². The van der Waals surface area contributed by atoms with Crippen molar-refractivity contribution in [1.29, 1.82) is 0 Å². The van der Waals surface area contributed by atoms with Crippen molar-refractivity contribution in [2.75, 3.05) is 5.32 Å². The molecule has 2 nitrogen and oxygen atoms in total. The SMILES string of the molecule is Cc1ccc(F)cc1NC(=O)C(C)Cl. The molecule has 14 heavy (non-hydrogen) atoms. The van der Waals surface area contributed by atoms with Crippen molar-refractivity contribution in [3.05, 3.63) is 29.6 Å². The second-order valence-electron chi connectivity index (χ2n) is 3.06. The van der Waals surface area contributed by atoms with Gasteiger partial charge >= 0.3 is 0 Å². The molecule has 0 spiro atoms. The van der Waals surface area contributed by atoms with Gasteiger partial charge in [0.25, 0.3) is 0 Å². The molecular weight excluding hydrogens is 205 g/mol. The third kappa shape index (κ3) is 2.70. The maximum atomic E-state index is 12.8. The Kier molecular flexibility index (Phi) is 3.47. The van der Waals surface area contributed by atoms with Crippen LogP contribution in [-0.4, -0.2) is 11.3 Å². The molecule has 0 aromatic heterocycles. The minimum Gasteiger partial charge on any atom is -0.324 e. The van der Waals surface area contributed by atoms with Crippen LogP contribution in [0.25, 0.3) is 0 Å². The predicted octanol–water partition coefficient (Wildman–Crippen LogP) is 2.70. The van der Waals surface area contributed by atoms with E-state index in [-0.39, 0.29) is 11.7 Å². The summed E-state index contributed by atoms with van der Waals surface area (Å²) in [7, 11) is 0. The highest BCUT2D eigenvalue weighted by Crippen LogP contribution is 2.16. The number of carbonyl (C=O) groups excluding carboxylic acids is 1. The van der Waals surface area contributed by atoms with Crippen LogP contribution in [0.5, 0.6) is 0 Å². The van der Waals surface area contributed by atoms with Gasteiger partial charge in [-0.1, -0.05) is 6.07 Å². The van der Waals surface area contributed by atoms with Gasteiger partial charge in [-0.25, -0.2) is 4.39 Å². The fourth-order valence-electron chi connectivity index (χ4n) is 0.961. The molecule has 0 radical (unpaired) electrons. The van der Waals surface area contributed by atoms with Crippen LogP contribution in [0, 0.1) is 12.7 Å². The van der Waals surface area contributed by atoms with Gasteiger partial charge in [-0.15, -0.1) is 11.6 Å². The minimum atomic E-state index is -0.627. The molecule has 1 amide bonds. The smallest absolute Gasteiger partial charge is 0.242 e. The van der Waals surface area contributed by atoms with E-state index >= 15 is 0 Å². The summed E-state index contributed by atoms with van der Waals surface area (Å²) in [5.74, 6) is -0.714. The largest absolute Gasteiger partial charge is 0.324 e. The number of rotatable bonds is 2. The minimum absolute atomic E-state index is 0.333. The van der Waals surface area contributed by atoms with E-state index in [1.54, 1.807) is 19.9 Å². The van der Waals surface area contributed by atoms with E-state index in [4.69, 9.17) is 11.6 Å². The van der Waals surface area contributed by atoms with Gasteiger partial charge in [0.15, 0.2) is 0 Å². The quantitative estimate of drug-likeness (QED) is 0.756. The third-order valence-electron chi connectivity index (χ3n) is 1.82. The molecule has 0 bridgehead atoms. The Hall–Kier alpha value is -1.09. The van der Waals surface area contributed by atoms with Crippen molar-refractivity contribution < 1.29 is 9.18 Å². The van der Waals surface area contributed by atoms with Gasteiger partial charge in [0.1, 0.15) is 11.2 Å². The van der Waals surface area contributed by atoms with Crippen molar-refractivity contribution in [3.8, 4) is 0 Å². The molecular formula is C10H11ClFNO. The van der Waals surface area contributed by atoms with Gasteiger partial charge in [-0.2, -0.15) is 0 Å². The molecule has 0 aliphatic carbocycles. The van der Waals surface area contributed by atoms with Gasteiger partial charge in [0.05, 0.1) is 0 Å². The number of halogens is 2. The van der Waals surface area contributed by atoms with E-state index in [1.165, 1.54) is 12.1 Å². The molecule has 1 rings (SSSR count). The zero-order chi connectivity index (χ0) is 10.7. The maximum absolute atomic E-state index is 12.8. The highest BCUT2D eigenvalue weighted by molar-refractivity contribution is 6.32. The van der Waals surface area contributed by atoms with E-state index in [1.807, 2.05) is 0 Å². The zero-order valence-electron chi connectivity index (χ0n) is 7.97. The summed E-state index contributed by atoms with van der Waals surface area (Å²) in [5, 5.41) is 1.91. The number of benzene rings is 1. The van der Waals surface area contributed by atoms with Crippen LogP contribution in [0.3, 0.4) is 0 Å². The molecule has 0 fully saturated rings. The molecule has 0 aliphatic heterocycles. The standard InChI is InChI=1S/C10H11ClFNO/c1-6-3-4-8(12)5-9(6)13-10(14)7(2)11/h3-5,7H,1-2H3,(H,13,14). The Morgan fingerprint density at radius 2 is 2.21 bits per heavy atom. The number of amides is 1. The molecule has 0 aliphatic rings. The fraction of sp³-hybridized carbons (Fsp3) is 0.300. The first-order chi connectivity index (χ1) is 6.50. The highest BCUT2D eigenvalue weighted by Gasteiger charge is 2.10. The Balaban J connectivity index is 2.86. The number of alkyl halides is 1. The summed E-state index contributed by atoms with van der Waals surface area (Å²) >= 11 is 5.56. The zero-order valence-corrected chi connectivity index (χ0v) is 8.73. The Bertz CT molecular complexity index is 352. The van der Waals surface area contributed by atoms with Gasteiger partial charge in [0.2, 0.25) is 5.91 Å². The Morgan fingerprint density at radius 1 is 1.57 bits per heavy atom. The molecule has 1 aromatic carbocycles. The average Bonchev–Trinajstić information content (AvgIpc) is 2.11. The van der Waals surface area contributed by atoms with Crippen molar-refractivity contribution in [2.24, 2.45) is 0 Å². The van der Waals surface area contributed by atoms with E-state index < -0.39 is 5.38 Å². The summed E-state index contributed by atoms with van der Waals surface area (Å²) in [4.78, 5) is 11.2. The number of anilines is 1. The third-order valence-corrected chi connectivity index (χ3v) is 2.02. The molecule has 1 atom stereocenters.